The second-order valence-electron chi connectivity index (χ2n) is 5.05. The molecule has 1 atom stereocenters. The van der Waals surface area contributed by atoms with Gasteiger partial charge in [-0.2, -0.15) is 13.2 Å². The number of carboxylic acids is 1. The highest BCUT2D eigenvalue weighted by atomic mass is 35.5. The summed E-state index contributed by atoms with van der Waals surface area (Å²) < 4.78 is 39.2. The van der Waals surface area contributed by atoms with Gasteiger partial charge in [0.25, 0.3) is 0 Å². The van der Waals surface area contributed by atoms with Gasteiger partial charge in [0.1, 0.15) is 0 Å². The summed E-state index contributed by atoms with van der Waals surface area (Å²) in [6.07, 6.45) is -5.27. The molecule has 0 spiro atoms. The Bertz CT molecular complexity index is 545. The van der Waals surface area contributed by atoms with E-state index in [1.807, 2.05) is 0 Å². The van der Waals surface area contributed by atoms with Gasteiger partial charge in [-0.3, -0.25) is 9.69 Å². The number of alkyl halides is 3. The van der Waals surface area contributed by atoms with Crippen molar-refractivity contribution >= 4 is 29.2 Å². The fourth-order valence-electron chi connectivity index (χ4n) is 2.46. The summed E-state index contributed by atoms with van der Waals surface area (Å²) in [5.41, 5.74) is -2.22. The SMILES string of the molecule is O=C(O)C1(C(F)(F)F)CCN(Cc2c(Cl)cccc2Cl)C1. The van der Waals surface area contributed by atoms with E-state index in [1.54, 1.807) is 18.2 Å². The molecule has 0 aromatic heterocycles. The number of rotatable bonds is 3. The standard InChI is InChI=1S/C13H12Cl2F3NO2/c14-9-2-1-3-10(15)8(9)6-19-5-4-12(7-19,11(20)21)13(16,17)18/h1-3H,4-7H2,(H,20,21). The predicted octanol–water partition coefficient (Wildman–Crippen LogP) is 3.83. The minimum Gasteiger partial charge on any atom is -0.481 e. The van der Waals surface area contributed by atoms with E-state index in [2.05, 4.69) is 0 Å². The summed E-state index contributed by atoms with van der Waals surface area (Å²) >= 11 is 12.0. The van der Waals surface area contributed by atoms with Gasteiger partial charge in [0.2, 0.25) is 0 Å². The molecular formula is C13H12Cl2F3NO2. The second kappa shape index (κ2) is 5.66. The summed E-state index contributed by atoms with van der Waals surface area (Å²) in [4.78, 5) is 12.5. The van der Waals surface area contributed by atoms with Gasteiger partial charge in [0.05, 0.1) is 0 Å². The van der Waals surface area contributed by atoms with E-state index in [0.29, 0.717) is 15.6 Å². The van der Waals surface area contributed by atoms with Crippen LogP contribution in [0, 0.1) is 5.41 Å². The van der Waals surface area contributed by atoms with Crippen LogP contribution in [-0.4, -0.2) is 35.2 Å². The number of benzene rings is 1. The maximum absolute atomic E-state index is 13.1. The highest BCUT2D eigenvalue weighted by molar-refractivity contribution is 6.35. The fraction of sp³-hybridized carbons (Fsp3) is 0.462. The summed E-state index contributed by atoms with van der Waals surface area (Å²) in [7, 11) is 0. The van der Waals surface area contributed by atoms with Crippen molar-refractivity contribution in [2.24, 2.45) is 5.41 Å². The molecule has 0 bridgehead atoms. The molecular weight excluding hydrogens is 330 g/mol. The summed E-state index contributed by atoms with van der Waals surface area (Å²) in [6, 6.07) is 4.81. The maximum Gasteiger partial charge on any atom is 0.406 e. The zero-order valence-corrected chi connectivity index (χ0v) is 12.3. The van der Waals surface area contributed by atoms with Crippen LogP contribution >= 0.6 is 23.2 Å². The van der Waals surface area contributed by atoms with Crippen LogP contribution in [0.3, 0.4) is 0 Å². The Morgan fingerprint density at radius 3 is 2.33 bits per heavy atom. The summed E-state index contributed by atoms with van der Waals surface area (Å²) in [6.45, 7) is -0.496. The van der Waals surface area contributed by atoms with Crippen molar-refractivity contribution in [3.05, 3.63) is 33.8 Å². The molecule has 1 N–H and O–H groups in total. The molecule has 0 aliphatic carbocycles. The first kappa shape index (κ1) is 16.4. The van der Waals surface area contributed by atoms with Gasteiger partial charge in [0, 0.05) is 35.2 Å². The number of likely N-dealkylation sites (tertiary alicyclic amines) is 1. The molecule has 1 fully saturated rings. The van der Waals surface area contributed by atoms with Gasteiger partial charge in [0.15, 0.2) is 5.41 Å². The lowest BCUT2D eigenvalue weighted by Crippen LogP contribution is -2.47. The molecule has 8 heteroatoms. The average molecular weight is 342 g/mol. The van der Waals surface area contributed by atoms with E-state index in [1.165, 1.54) is 4.90 Å². The lowest BCUT2D eigenvalue weighted by atomic mass is 9.86. The Kier molecular flexibility index (Phi) is 4.42. The molecule has 1 saturated heterocycles. The Labute approximate surface area is 129 Å². The normalized spacial score (nSPS) is 23.5. The predicted molar refractivity (Wildman–Crippen MR) is 72.5 cm³/mol. The third-order valence-electron chi connectivity index (χ3n) is 3.74. The van der Waals surface area contributed by atoms with E-state index in [4.69, 9.17) is 28.3 Å². The van der Waals surface area contributed by atoms with E-state index in [0.717, 1.165) is 0 Å². The van der Waals surface area contributed by atoms with E-state index >= 15 is 0 Å². The number of halogens is 5. The van der Waals surface area contributed by atoms with Crippen LogP contribution < -0.4 is 0 Å². The zero-order chi connectivity index (χ0) is 15.8. The molecule has 1 aliphatic heterocycles. The summed E-state index contributed by atoms with van der Waals surface area (Å²) in [5, 5.41) is 9.69. The van der Waals surface area contributed by atoms with Crippen LogP contribution in [0.4, 0.5) is 13.2 Å². The first-order chi connectivity index (χ1) is 9.67. The number of nitrogens with zero attached hydrogens (tertiary/aromatic N) is 1. The Morgan fingerprint density at radius 1 is 1.33 bits per heavy atom. The monoisotopic (exact) mass is 341 g/mol. The van der Waals surface area contributed by atoms with Crippen LogP contribution in [0.5, 0.6) is 0 Å². The van der Waals surface area contributed by atoms with Crippen molar-refractivity contribution in [1.29, 1.82) is 0 Å². The van der Waals surface area contributed by atoms with Gasteiger partial charge in [-0.15, -0.1) is 0 Å². The molecule has 2 rings (SSSR count). The van der Waals surface area contributed by atoms with Crippen LogP contribution in [0.25, 0.3) is 0 Å². The zero-order valence-electron chi connectivity index (χ0n) is 10.8. The minimum atomic E-state index is -4.79. The molecule has 1 aromatic rings. The molecule has 0 saturated carbocycles. The minimum absolute atomic E-state index is 0.0212. The van der Waals surface area contributed by atoms with Crippen molar-refractivity contribution in [3.63, 3.8) is 0 Å². The van der Waals surface area contributed by atoms with Gasteiger partial charge >= 0.3 is 12.1 Å². The van der Waals surface area contributed by atoms with Crippen LogP contribution in [0.2, 0.25) is 10.0 Å². The first-order valence-corrected chi connectivity index (χ1v) is 6.88. The molecule has 1 aromatic carbocycles. The second-order valence-corrected chi connectivity index (χ2v) is 5.86. The topological polar surface area (TPSA) is 40.5 Å². The van der Waals surface area contributed by atoms with E-state index in [-0.39, 0.29) is 13.1 Å². The van der Waals surface area contributed by atoms with Crippen LogP contribution in [0.1, 0.15) is 12.0 Å². The number of hydrogen-bond acceptors (Lipinski definition) is 2. The van der Waals surface area contributed by atoms with Crippen molar-refractivity contribution in [2.45, 2.75) is 19.1 Å². The molecule has 21 heavy (non-hydrogen) atoms. The maximum atomic E-state index is 13.1. The van der Waals surface area contributed by atoms with Gasteiger partial charge < -0.3 is 5.11 Å². The van der Waals surface area contributed by atoms with E-state index < -0.39 is 30.5 Å². The van der Waals surface area contributed by atoms with E-state index in [9.17, 15) is 18.0 Å². The molecule has 1 heterocycles. The third-order valence-corrected chi connectivity index (χ3v) is 4.45. The molecule has 1 aliphatic rings. The average Bonchev–Trinajstić information content (AvgIpc) is 2.79. The Balaban J connectivity index is 2.21. The lowest BCUT2D eigenvalue weighted by Gasteiger charge is -2.27. The fourth-order valence-corrected chi connectivity index (χ4v) is 2.97. The number of hydrogen-bond donors (Lipinski definition) is 1. The van der Waals surface area contributed by atoms with Crippen molar-refractivity contribution in [2.75, 3.05) is 13.1 Å². The molecule has 3 nitrogen and oxygen atoms in total. The highest BCUT2D eigenvalue weighted by Gasteiger charge is 2.63. The number of aliphatic carboxylic acids is 1. The summed E-state index contributed by atoms with van der Waals surface area (Å²) in [5.74, 6) is -1.84. The van der Waals surface area contributed by atoms with Crippen molar-refractivity contribution < 1.29 is 23.1 Å². The number of carboxylic acid groups (broad SMARTS) is 1. The quantitative estimate of drug-likeness (QED) is 0.908. The Morgan fingerprint density at radius 2 is 1.90 bits per heavy atom. The van der Waals surface area contributed by atoms with Gasteiger partial charge in [-0.05, 0) is 18.6 Å². The first-order valence-electron chi connectivity index (χ1n) is 6.13. The molecule has 0 radical (unpaired) electrons. The lowest BCUT2D eigenvalue weighted by molar-refractivity contribution is -0.227. The molecule has 0 amide bonds. The van der Waals surface area contributed by atoms with Crippen LogP contribution in [0.15, 0.2) is 18.2 Å². The van der Waals surface area contributed by atoms with Crippen molar-refractivity contribution in [3.8, 4) is 0 Å². The van der Waals surface area contributed by atoms with Gasteiger partial charge in [-0.1, -0.05) is 29.3 Å². The third kappa shape index (κ3) is 2.98. The number of carbonyl (C=O) groups is 1. The smallest absolute Gasteiger partial charge is 0.406 e. The molecule has 1 unspecified atom stereocenters. The van der Waals surface area contributed by atoms with Crippen molar-refractivity contribution in [1.82, 2.24) is 4.90 Å². The Hall–Kier alpha value is -0.980. The highest BCUT2D eigenvalue weighted by Crippen LogP contribution is 2.46. The van der Waals surface area contributed by atoms with Gasteiger partial charge in [-0.25, -0.2) is 0 Å². The van der Waals surface area contributed by atoms with Crippen LogP contribution in [-0.2, 0) is 11.3 Å². The largest absolute Gasteiger partial charge is 0.481 e. The molecule has 116 valence electrons.